The maximum Gasteiger partial charge on any atom is 0.272 e. The van der Waals surface area contributed by atoms with Gasteiger partial charge in [-0.05, 0) is 56.2 Å². The van der Waals surface area contributed by atoms with Gasteiger partial charge < -0.3 is 19.9 Å². The van der Waals surface area contributed by atoms with Crippen molar-refractivity contribution in [1.29, 1.82) is 0 Å². The quantitative estimate of drug-likeness (QED) is 0.509. The number of carbonyl (C=O) groups is 1. The van der Waals surface area contributed by atoms with E-state index in [9.17, 15) is 4.79 Å². The van der Waals surface area contributed by atoms with Gasteiger partial charge in [-0.3, -0.25) is 4.79 Å². The van der Waals surface area contributed by atoms with Gasteiger partial charge in [-0.2, -0.15) is 0 Å². The van der Waals surface area contributed by atoms with E-state index in [1.165, 1.54) is 21.8 Å². The Balaban J connectivity index is 1.35. The van der Waals surface area contributed by atoms with Crippen molar-refractivity contribution in [2.45, 2.75) is 32.4 Å². The highest BCUT2D eigenvalue weighted by Crippen LogP contribution is 2.31. The van der Waals surface area contributed by atoms with Crippen molar-refractivity contribution in [3.05, 3.63) is 60.3 Å². The molecule has 0 bridgehead atoms. The van der Waals surface area contributed by atoms with Crippen LogP contribution in [0.2, 0.25) is 0 Å². The summed E-state index contributed by atoms with van der Waals surface area (Å²) in [5.74, 6) is 0.404. The van der Waals surface area contributed by atoms with E-state index in [1.54, 1.807) is 12.1 Å². The third kappa shape index (κ3) is 3.84. The summed E-state index contributed by atoms with van der Waals surface area (Å²) in [6, 6.07) is 18.4. The van der Waals surface area contributed by atoms with Crippen LogP contribution < -0.4 is 10.6 Å². The number of hydrogen-bond donors (Lipinski definition) is 2. The fourth-order valence-electron chi connectivity index (χ4n) is 4.24. The summed E-state index contributed by atoms with van der Waals surface area (Å²) < 4.78 is 7.65. The van der Waals surface area contributed by atoms with Crippen molar-refractivity contribution in [1.82, 2.24) is 20.1 Å². The predicted molar refractivity (Wildman–Crippen MR) is 122 cm³/mol. The number of aromatic nitrogens is 3. The van der Waals surface area contributed by atoms with Crippen LogP contribution in [0.15, 0.2) is 54.6 Å². The van der Waals surface area contributed by atoms with Crippen LogP contribution in [0, 0.1) is 0 Å². The van der Waals surface area contributed by atoms with Gasteiger partial charge in [0.05, 0.1) is 0 Å². The van der Waals surface area contributed by atoms with Crippen molar-refractivity contribution in [3.63, 3.8) is 0 Å². The monoisotopic (exact) mass is 415 g/mol. The summed E-state index contributed by atoms with van der Waals surface area (Å²) in [5, 5.41) is 17.0. The lowest BCUT2D eigenvalue weighted by molar-refractivity contribution is 0.0693. The molecule has 0 radical (unpaired) electrons. The number of fused-ring (bicyclic) bond motifs is 3. The summed E-state index contributed by atoms with van der Waals surface area (Å²) in [7, 11) is 0. The number of ether oxygens (including phenoxy) is 1. The molecule has 1 fully saturated rings. The third-order valence-electron chi connectivity index (χ3n) is 5.81. The van der Waals surface area contributed by atoms with E-state index >= 15 is 0 Å². The van der Waals surface area contributed by atoms with E-state index in [4.69, 9.17) is 4.74 Å². The molecule has 2 aromatic carbocycles. The normalized spacial score (nSPS) is 14.7. The lowest BCUT2D eigenvalue weighted by atomic mass is 10.1. The highest BCUT2D eigenvalue weighted by atomic mass is 16.5. The summed E-state index contributed by atoms with van der Waals surface area (Å²) >= 11 is 0. The Bertz CT molecular complexity index is 1230. The predicted octanol–water partition coefficient (Wildman–Crippen LogP) is 4.26. The summed E-state index contributed by atoms with van der Waals surface area (Å²) in [5.41, 5.74) is 3.69. The minimum absolute atomic E-state index is 0.137. The molecule has 7 heteroatoms. The fraction of sp³-hybridized carbons (Fsp3) is 0.292. The number of nitrogens with one attached hydrogen (secondary N) is 2. The lowest BCUT2D eigenvalue weighted by Crippen LogP contribution is -2.39. The topological polar surface area (TPSA) is 81.1 Å². The number of amides is 1. The van der Waals surface area contributed by atoms with Crippen molar-refractivity contribution in [3.8, 4) is 0 Å². The molecule has 0 saturated carbocycles. The number of aryl methyl sites for hydroxylation is 1. The molecule has 2 aromatic heterocycles. The Morgan fingerprint density at radius 1 is 1.03 bits per heavy atom. The molecular formula is C24H25N5O2. The highest BCUT2D eigenvalue weighted by molar-refractivity contribution is 6.09. The molecule has 0 aliphatic carbocycles. The molecule has 3 heterocycles. The second-order valence-electron chi connectivity index (χ2n) is 7.78. The molecule has 1 aliphatic heterocycles. The van der Waals surface area contributed by atoms with Crippen LogP contribution in [0.1, 0.15) is 30.3 Å². The SMILES string of the molecule is CCn1c2ccccc2c2cc(Nc3ccc(C(=O)NC4CCOCC4)nn3)ccc21. The smallest absolute Gasteiger partial charge is 0.272 e. The number of para-hydroxylation sites is 1. The van der Waals surface area contributed by atoms with Gasteiger partial charge in [0, 0.05) is 53.3 Å². The van der Waals surface area contributed by atoms with Crippen molar-refractivity contribution < 1.29 is 9.53 Å². The van der Waals surface area contributed by atoms with Crippen LogP contribution in [0.25, 0.3) is 21.8 Å². The molecule has 0 atom stereocenters. The number of nitrogens with zero attached hydrogens (tertiary/aromatic N) is 3. The molecule has 158 valence electrons. The zero-order chi connectivity index (χ0) is 21.2. The summed E-state index contributed by atoms with van der Waals surface area (Å²) in [4.78, 5) is 12.4. The van der Waals surface area contributed by atoms with Crippen LogP contribution in [0.5, 0.6) is 0 Å². The average molecular weight is 415 g/mol. The van der Waals surface area contributed by atoms with Gasteiger partial charge in [0.15, 0.2) is 11.5 Å². The zero-order valence-electron chi connectivity index (χ0n) is 17.5. The van der Waals surface area contributed by atoms with E-state index < -0.39 is 0 Å². The van der Waals surface area contributed by atoms with E-state index in [1.807, 2.05) is 6.07 Å². The molecule has 0 spiro atoms. The lowest BCUT2D eigenvalue weighted by Gasteiger charge is -2.22. The molecule has 1 amide bonds. The first-order chi connectivity index (χ1) is 15.2. The van der Waals surface area contributed by atoms with Crippen molar-refractivity contribution >= 4 is 39.2 Å². The maximum absolute atomic E-state index is 12.4. The minimum Gasteiger partial charge on any atom is -0.381 e. The molecule has 0 unspecified atom stereocenters. The molecule has 1 aliphatic rings. The molecule has 1 saturated heterocycles. The van der Waals surface area contributed by atoms with Gasteiger partial charge in [-0.15, -0.1) is 10.2 Å². The Hall–Kier alpha value is -3.45. The van der Waals surface area contributed by atoms with E-state index in [2.05, 4.69) is 68.7 Å². The van der Waals surface area contributed by atoms with Gasteiger partial charge in [0.1, 0.15) is 0 Å². The van der Waals surface area contributed by atoms with E-state index in [0.717, 1.165) is 25.1 Å². The van der Waals surface area contributed by atoms with E-state index in [-0.39, 0.29) is 11.9 Å². The molecule has 4 aromatic rings. The van der Waals surface area contributed by atoms with Crippen LogP contribution >= 0.6 is 0 Å². The van der Waals surface area contributed by atoms with Gasteiger partial charge in [-0.25, -0.2) is 0 Å². The number of benzene rings is 2. The Morgan fingerprint density at radius 2 is 1.84 bits per heavy atom. The third-order valence-corrected chi connectivity index (χ3v) is 5.81. The Kier molecular flexibility index (Phi) is 5.26. The van der Waals surface area contributed by atoms with E-state index in [0.29, 0.717) is 24.7 Å². The largest absolute Gasteiger partial charge is 0.381 e. The summed E-state index contributed by atoms with van der Waals surface area (Å²) in [6.07, 6.45) is 1.66. The highest BCUT2D eigenvalue weighted by Gasteiger charge is 2.18. The van der Waals surface area contributed by atoms with Crippen LogP contribution in [-0.4, -0.2) is 39.9 Å². The van der Waals surface area contributed by atoms with Crippen molar-refractivity contribution in [2.24, 2.45) is 0 Å². The number of hydrogen-bond acceptors (Lipinski definition) is 5. The first kappa shape index (κ1) is 19.5. The first-order valence-corrected chi connectivity index (χ1v) is 10.7. The van der Waals surface area contributed by atoms with Gasteiger partial charge >= 0.3 is 0 Å². The molecule has 7 nitrogen and oxygen atoms in total. The Labute approximate surface area is 180 Å². The van der Waals surface area contributed by atoms with Crippen LogP contribution in [0.3, 0.4) is 0 Å². The van der Waals surface area contributed by atoms with Crippen LogP contribution in [0.4, 0.5) is 11.5 Å². The fourth-order valence-corrected chi connectivity index (χ4v) is 4.24. The maximum atomic E-state index is 12.4. The zero-order valence-corrected chi connectivity index (χ0v) is 17.5. The first-order valence-electron chi connectivity index (χ1n) is 10.7. The standard InChI is InChI=1S/C24H25N5O2/c1-2-29-21-6-4-3-5-18(21)19-15-17(7-9-22(19)29)25-23-10-8-20(27-28-23)24(30)26-16-11-13-31-14-12-16/h3-10,15-16H,2,11-14H2,1H3,(H,25,28)(H,26,30). The minimum atomic E-state index is -0.195. The molecule has 31 heavy (non-hydrogen) atoms. The molecule has 2 N–H and O–H groups in total. The van der Waals surface area contributed by atoms with Gasteiger partial charge in [-0.1, -0.05) is 18.2 Å². The van der Waals surface area contributed by atoms with Gasteiger partial charge in [0.2, 0.25) is 0 Å². The number of anilines is 2. The molecule has 5 rings (SSSR count). The Morgan fingerprint density at radius 3 is 2.61 bits per heavy atom. The van der Waals surface area contributed by atoms with Gasteiger partial charge in [0.25, 0.3) is 5.91 Å². The molecular weight excluding hydrogens is 390 g/mol. The van der Waals surface area contributed by atoms with Crippen LogP contribution in [-0.2, 0) is 11.3 Å². The number of rotatable bonds is 5. The number of carbonyl (C=O) groups excluding carboxylic acids is 1. The van der Waals surface area contributed by atoms with Crippen molar-refractivity contribution in [2.75, 3.05) is 18.5 Å². The summed E-state index contributed by atoms with van der Waals surface area (Å²) in [6.45, 7) is 4.44. The second kappa shape index (κ2) is 8.35. The average Bonchev–Trinajstić information content (AvgIpc) is 3.13. The second-order valence-corrected chi connectivity index (χ2v) is 7.78.